The van der Waals surface area contributed by atoms with Crippen LogP contribution in [0.3, 0.4) is 0 Å². The number of aryl methyl sites for hydroxylation is 2. The summed E-state index contributed by atoms with van der Waals surface area (Å²) in [5.74, 6) is -2.24. The van der Waals surface area contributed by atoms with Gasteiger partial charge in [-0.3, -0.25) is 14.1 Å². The van der Waals surface area contributed by atoms with Crippen LogP contribution in [0, 0.1) is 12.7 Å². The number of halogens is 1. The molecule has 5 aromatic rings. The molecule has 3 heterocycles. The molecule has 0 fully saturated rings. The zero-order valence-corrected chi connectivity index (χ0v) is 20.4. The molecule has 6 rings (SSSR count). The molecular formula is C25H20FN9O4. The van der Waals surface area contributed by atoms with Gasteiger partial charge < -0.3 is 10.6 Å². The summed E-state index contributed by atoms with van der Waals surface area (Å²) in [6.07, 6.45) is 1.39. The van der Waals surface area contributed by atoms with Gasteiger partial charge in [0.05, 0.1) is 6.04 Å². The third-order valence-electron chi connectivity index (χ3n) is 6.59. The van der Waals surface area contributed by atoms with Crippen LogP contribution in [0.15, 0.2) is 51.8 Å². The second kappa shape index (κ2) is 9.55. The van der Waals surface area contributed by atoms with Crippen molar-refractivity contribution in [1.29, 1.82) is 0 Å². The lowest BCUT2D eigenvalue weighted by molar-refractivity contribution is 0.0931. The molecule has 2 aromatic carbocycles. The minimum absolute atomic E-state index is 0.0655. The van der Waals surface area contributed by atoms with Crippen LogP contribution in [0.1, 0.15) is 55.7 Å². The third-order valence-corrected chi connectivity index (χ3v) is 6.59. The molecule has 1 aliphatic carbocycles. The van der Waals surface area contributed by atoms with Gasteiger partial charge in [0.15, 0.2) is 0 Å². The fraction of sp³-hybridized carbons (Fsp3) is 0.200. The largest absolute Gasteiger partial charge is 0.448 e. The summed E-state index contributed by atoms with van der Waals surface area (Å²) in [7, 11) is 0. The van der Waals surface area contributed by atoms with Crippen LogP contribution in [0.25, 0.3) is 17.2 Å². The summed E-state index contributed by atoms with van der Waals surface area (Å²) in [6.45, 7) is 1.68. The average Bonchev–Trinajstić information content (AvgIpc) is 3.69. The van der Waals surface area contributed by atoms with Gasteiger partial charge in [0.25, 0.3) is 17.6 Å². The monoisotopic (exact) mass is 529 g/mol. The first-order chi connectivity index (χ1) is 18.9. The number of carbonyl (C=O) groups excluding carboxylic acids is 2. The molecule has 0 bridgehead atoms. The number of rotatable bonds is 6. The molecule has 0 saturated heterocycles. The predicted molar refractivity (Wildman–Crippen MR) is 132 cm³/mol. The Morgan fingerprint density at radius 3 is 2.85 bits per heavy atom. The fourth-order valence-electron chi connectivity index (χ4n) is 4.65. The van der Waals surface area contributed by atoms with Crippen molar-refractivity contribution in [1.82, 2.24) is 45.8 Å². The van der Waals surface area contributed by atoms with E-state index in [1.807, 2.05) is 18.2 Å². The Morgan fingerprint density at radius 1 is 1.18 bits per heavy atom. The van der Waals surface area contributed by atoms with E-state index in [-0.39, 0.29) is 35.6 Å². The first-order valence-electron chi connectivity index (χ1n) is 12.0. The Balaban J connectivity index is 1.24. The Morgan fingerprint density at radius 2 is 2.05 bits per heavy atom. The van der Waals surface area contributed by atoms with E-state index in [9.17, 15) is 18.8 Å². The van der Waals surface area contributed by atoms with Gasteiger partial charge in [-0.05, 0) is 70.6 Å². The number of tetrazole rings is 1. The number of carbonyl (C=O) groups is 2. The van der Waals surface area contributed by atoms with Crippen molar-refractivity contribution in [2.24, 2.45) is 0 Å². The number of aromatic nitrogens is 7. The minimum Gasteiger partial charge on any atom is -0.347 e. The number of aromatic amines is 1. The van der Waals surface area contributed by atoms with Crippen molar-refractivity contribution in [3.63, 3.8) is 0 Å². The van der Waals surface area contributed by atoms with E-state index in [1.165, 1.54) is 12.1 Å². The van der Waals surface area contributed by atoms with Gasteiger partial charge in [-0.25, -0.2) is 18.6 Å². The van der Waals surface area contributed by atoms with E-state index in [4.69, 9.17) is 0 Å². The number of hydrogen-bond donors (Lipinski definition) is 3. The minimum atomic E-state index is -0.922. The molecule has 0 spiro atoms. The number of nitrogens with zero attached hydrogens (tertiary/aromatic N) is 6. The summed E-state index contributed by atoms with van der Waals surface area (Å²) < 4.78 is 19.1. The van der Waals surface area contributed by atoms with Gasteiger partial charge in [0.2, 0.25) is 5.82 Å². The van der Waals surface area contributed by atoms with Crippen LogP contribution in [-0.4, -0.2) is 47.0 Å². The van der Waals surface area contributed by atoms with E-state index < -0.39 is 17.6 Å². The lowest BCUT2D eigenvalue weighted by Crippen LogP contribution is -2.31. The number of amides is 2. The summed E-state index contributed by atoms with van der Waals surface area (Å²) in [6, 6.07) is 11.1. The average molecular weight is 529 g/mol. The Labute approximate surface area is 218 Å². The van der Waals surface area contributed by atoms with Gasteiger partial charge in [-0.1, -0.05) is 24.3 Å². The van der Waals surface area contributed by atoms with Crippen LogP contribution < -0.4 is 16.4 Å². The standard InChI is InChI=1S/C25H20FN9O4/c1-12-8-13(2-6-17(12)26)11-27-23(37)20-10-19(29-24-32-39-25(38)35(20)24)22(36)28-18-7-4-14-9-15(3-5-16(14)18)21-30-33-34-31-21/h2-3,5-6,8-10,18H,4,7,11H2,1H3,(H,27,37)(H,28,36)(H,30,31,33,34)/t18-/m0/s1. The summed E-state index contributed by atoms with van der Waals surface area (Å²) in [5, 5.41) is 23.2. The molecule has 39 heavy (non-hydrogen) atoms. The second-order valence-electron chi connectivity index (χ2n) is 9.09. The van der Waals surface area contributed by atoms with Crippen molar-refractivity contribution in [3.05, 3.63) is 92.5 Å². The molecule has 196 valence electrons. The van der Waals surface area contributed by atoms with Crippen molar-refractivity contribution in [2.75, 3.05) is 0 Å². The maximum Gasteiger partial charge on any atom is 0.448 e. The van der Waals surface area contributed by atoms with Gasteiger partial charge in [-0.15, -0.1) is 10.2 Å². The molecule has 1 aliphatic rings. The van der Waals surface area contributed by atoms with E-state index in [1.54, 1.807) is 19.1 Å². The Hall–Kier alpha value is -5.27. The number of hydrogen-bond acceptors (Lipinski definition) is 9. The molecule has 0 saturated carbocycles. The fourth-order valence-corrected chi connectivity index (χ4v) is 4.65. The number of benzene rings is 2. The van der Waals surface area contributed by atoms with Crippen molar-refractivity contribution in [2.45, 2.75) is 32.4 Å². The quantitative estimate of drug-likeness (QED) is 0.296. The van der Waals surface area contributed by atoms with E-state index in [0.29, 0.717) is 23.4 Å². The maximum atomic E-state index is 13.6. The SMILES string of the molecule is Cc1cc(CNC(=O)c2cc(C(=O)N[C@H]3CCc4cc(-c5nn[nH]n5)ccc43)nc3noc(=O)n23)ccc1F. The molecule has 0 unspecified atom stereocenters. The van der Waals surface area contributed by atoms with E-state index >= 15 is 0 Å². The molecule has 14 heteroatoms. The van der Waals surface area contributed by atoms with Crippen LogP contribution >= 0.6 is 0 Å². The molecule has 2 amide bonds. The zero-order valence-electron chi connectivity index (χ0n) is 20.4. The molecule has 3 aromatic heterocycles. The first-order valence-corrected chi connectivity index (χ1v) is 12.0. The highest BCUT2D eigenvalue weighted by Crippen LogP contribution is 2.33. The highest BCUT2D eigenvalue weighted by atomic mass is 19.1. The van der Waals surface area contributed by atoms with Crippen molar-refractivity contribution >= 4 is 17.6 Å². The molecule has 1 atom stereocenters. The van der Waals surface area contributed by atoms with Gasteiger partial charge in [-0.2, -0.15) is 5.21 Å². The van der Waals surface area contributed by atoms with Gasteiger partial charge >= 0.3 is 5.76 Å². The third kappa shape index (κ3) is 4.52. The topological polar surface area (TPSA) is 173 Å². The van der Waals surface area contributed by atoms with E-state index in [0.717, 1.165) is 27.5 Å². The van der Waals surface area contributed by atoms with E-state index in [2.05, 4.69) is 45.9 Å². The van der Waals surface area contributed by atoms with Crippen LogP contribution in [-0.2, 0) is 13.0 Å². The molecular weight excluding hydrogens is 509 g/mol. The molecule has 13 nitrogen and oxygen atoms in total. The van der Waals surface area contributed by atoms with Gasteiger partial charge in [0.1, 0.15) is 17.2 Å². The molecule has 3 N–H and O–H groups in total. The van der Waals surface area contributed by atoms with Crippen LogP contribution in [0.2, 0.25) is 0 Å². The van der Waals surface area contributed by atoms with Crippen molar-refractivity contribution < 1.29 is 18.5 Å². The highest BCUT2D eigenvalue weighted by molar-refractivity contribution is 5.98. The number of nitrogens with one attached hydrogen (secondary N) is 3. The maximum absolute atomic E-state index is 13.6. The predicted octanol–water partition coefficient (Wildman–Crippen LogP) is 1.66. The smallest absolute Gasteiger partial charge is 0.347 e. The van der Waals surface area contributed by atoms with Crippen molar-refractivity contribution in [3.8, 4) is 11.4 Å². The molecule has 0 aliphatic heterocycles. The Kier molecular flexibility index (Phi) is 5.90. The lowest BCUT2D eigenvalue weighted by Gasteiger charge is -2.15. The lowest BCUT2D eigenvalue weighted by atomic mass is 10.0. The Bertz CT molecular complexity index is 1800. The summed E-state index contributed by atoms with van der Waals surface area (Å²) in [5.41, 5.74) is 3.61. The van der Waals surface area contributed by atoms with Crippen LogP contribution in [0.4, 0.5) is 4.39 Å². The first kappa shape index (κ1) is 24.1. The number of fused-ring (bicyclic) bond motifs is 2. The summed E-state index contributed by atoms with van der Waals surface area (Å²) in [4.78, 5) is 42.6. The summed E-state index contributed by atoms with van der Waals surface area (Å²) >= 11 is 0. The normalized spacial score (nSPS) is 14.4. The highest BCUT2D eigenvalue weighted by Gasteiger charge is 2.27. The van der Waals surface area contributed by atoms with Crippen LogP contribution in [0.5, 0.6) is 0 Å². The zero-order chi connectivity index (χ0) is 27.1. The second-order valence-corrected chi connectivity index (χ2v) is 9.09. The van der Waals surface area contributed by atoms with Gasteiger partial charge in [0, 0.05) is 12.1 Å². The number of H-pyrrole nitrogens is 1. The molecule has 0 radical (unpaired) electrons.